The van der Waals surface area contributed by atoms with E-state index < -0.39 is 10.0 Å². The average molecular weight is 381 g/mol. The summed E-state index contributed by atoms with van der Waals surface area (Å²) < 4.78 is 31.9. The maximum absolute atomic E-state index is 12.9. The van der Waals surface area contributed by atoms with Gasteiger partial charge in [-0.05, 0) is 43.0 Å². The fourth-order valence-corrected chi connectivity index (χ4v) is 4.60. The number of rotatable bonds is 8. The molecule has 0 spiro atoms. The van der Waals surface area contributed by atoms with Crippen LogP contribution in [0, 0.1) is 5.92 Å². The summed E-state index contributed by atoms with van der Waals surface area (Å²) in [7, 11) is -2.27. The van der Waals surface area contributed by atoms with Crippen LogP contribution in [0.2, 0.25) is 0 Å². The number of amides is 1. The third-order valence-corrected chi connectivity index (χ3v) is 6.63. The number of hydrogen-bond donors (Lipinski definition) is 1. The first-order valence-electron chi connectivity index (χ1n) is 8.93. The van der Waals surface area contributed by atoms with Crippen molar-refractivity contribution in [1.82, 2.24) is 9.62 Å². The van der Waals surface area contributed by atoms with Gasteiger partial charge in [-0.3, -0.25) is 4.79 Å². The molecule has 2 rings (SSSR count). The number of carbonyl (C=O) groups is 1. The summed E-state index contributed by atoms with van der Waals surface area (Å²) >= 11 is 0. The fraction of sp³-hybridized carbons (Fsp3) is 0.526. The summed E-state index contributed by atoms with van der Waals surface area (Å²) in [6.45, 7) is 5.59. The summed E-state index contributed by atoms with van der Waals surface area (Å²) in [5.41, 5.74) is 0. The van der Waals surface area contributed by atoms with E-state index in [1.165, 1.54) is 31.7 Å². The van der Waals surface area contributed by atoms with Gasteiger partial charge in [0.05, 0.1) is 18.6 Å². The molecule has 0 bridgehead atoms. The van der Waals surface area contributed by atoms with Crippen molar-refractivity contribution < 1.29 is 17.9 Å². The molecule has 7 heteroatoms. The number of benzene rings is 1. The summed E-state index contributed by atoms with van der Waals surface area (Å²) in [5.74, 6) is 0.713. The van der Waals surface area contributed by atoms with Crippen molar-refractivity contribution in [1.29, 1.82) is 0 Å². The van der Waals surface area contributed by atoms with Crippen LogP contribution in [-0.4, -0.2) is 44.9 Å². The van der Waals surface area contributed by atoms with E-state index in [1.807, 2.05) is 0 Å². The minimum atomic E-state index is -3.79. The van der Waals surface area contributed by atoms with Crippen molar-refractivity contribution in [2.24, 2.45) is 5.92 Å². The Hall–Kier alpha value is -1.86. The minimum Gasteiger partial charge on any atom is -0.497 e. The Labute approximate surface area is 156 Å². The highest BCUT2D eigenvalue weighted by atomic mass is 32.2. The van der Waals surface area contributed by atoms with Gasteiger partial charge in [0.2, 0.25) is 15.9 Å². The number of carbonyl (C=O) groups excluding carboxylic acids is 1. The monoisotopic (exact) mass is 380 g/mol. The molecule has 0 aliphatic heterocycles. The van der Waals surface area contributed by atoms with E-state index >= 15 is 0 Å². The zero-order valence-electron chi connectivity index (χ0n) is 15.5. The lowest BCUT2D eigenvalue weighted by atomic mass is 9.86. The molecule has 6 nitrogen and oxygen atoms in total. The molecular weight excluding hydrogens is 352 g/mol. The van der Waals surface area contributed by atoms with Gasteiger partial charge in [0, 0.05) is 12.6 Å². The largest absolute Gasteiger partial charge is 0.497 e. The van der Waals surface area contributed by atoms with Crippen LogP contribution in [0.1, 0.15) is 32.6 Å². The molecule has 1 amide bonds. The molecule has 144 valence electrons. The molecule has 1 aromatic carbocycles. The molecule has 2 unspecified atom stereocenters. The van der Waals surface area contributed by atoms with Crippen molar-refractivity contribution in [3.63, 3.8) is 0 Å². The lowest BCUT2D eigenvalue weighted by Gasteiger charge is -2.30. The fourth-order valence-electron chi connectivity index (χ4n) is 3.23. The van der Waals surface area contributed by atoms with Crippen molar-refractivity contribution in [3.8, 4) is 5.75 Å². The number of nitrogens with one attached hydrogen (secondary N) is 1. The maximum Gasteiger partial charge on any atom is 0.243 e. The van der Waals surface area contributed by atoms with Crippen molar-refractivity contribution in [2.45, 2.75) is 43.5 Å². The molecule has 1 fully saturated rings. The summed E-state index contributed by atoms with van der Waals surface area (Å²) in [5, 5.41) is 3.00. The van der Waals surface area contributed by atoms with Gasteiger partial charge in [-0.1, -0.05) is 25.8 Å². The standard InChI is InChI=1S/C19H28N2O4S/c1-4-13-21(14-19(22)20-18-8-6-5-7-15(18)2)26(23,24)17-11-9-16(25-3)10-12-17/h4,9-12,15,18H,1,5-8,13-14H2,2-3H3,(H,20,22). The first-order valence-corrected chi connectivity index (χ1v) is 10.4. The van der Waals surface area contributed by atoms with Crippen LogP contribution in [0.25, 0.3) is 0 Å². The first-order chi connectivity index (χ1) is 12.4. The minimum absolute atomic E-state index is 0.0714. The smallest absolute Gasteiger partial charge is 0.243 e. The molecule has 1 aromatic rings. The quantitative estimate of drug-likeness (QED) is 0.703. The summed E-state index contributed by atoms with van der Waals surface area (Å²) in [4.78, 5) is 12.6. The number of methoxy groups -OCH3 is 1. The van der Waals surface area contributed by atoms with E-state index in [0.29, 0.717) is 11.7 Å². The second kappa shape index (κ2) is 9.19. The summed E-state index contributed by atoms with van der Waals surface area (Å²) in [6, 6.07) is 6.24. The van der Waals surface area contributed by atoms with Gasteiger partial charge in [-0.25, -0.2) is 8.42 Å². The van der Waals surface area contributed by atoms with Gasteiger partial charge in [0.25, 0.3) is 0 Å². The van der Waals surface area contributed by atoms with E-state index in [0.717, 1.165) is 23.6 Å². The highest BCUT2D eigenvalue weighted by Gasteiger charge is 2.28. The molecule has 0 saturated heterocycles. The Morgan fingerprint density at radius 1 is 1.31 bits per heavy atom. The van der Waals surface area contributed by atoms with Gasteiger partial charge in [0.15, 0.2) is 0 Å². The zero-order valence-corrected chi connectivity index (χ0v) is 16.3. The molecule has 1 aliphatic rings. The van der Waals surface area contributed by atoms with E-state index in [2.05, 4.69) is 18.8 Å². The number of sulfonamides is 1. The normalized spacial score (nSPS) is 20.6. The molecule has 1 N–H and O–H groups in total. The second-order valence-corrected chi connectivity index (χ2v) is 8.64. The number of nitrogens with zero attached hydrogens (tertiary/aromatic N) is 1. The molecular formula is C19H28N2O4S. The van der Waals surface area contributed by atoms with Crippen LogP contribution < -0.4 is 10.1 Å². The van der Waals surface area contributed by atoms with Crippen molar-refractivity contribution in [3.05, 3.63) is 36.9 Å². The van der Waals surface area contributed by atoms with E-state index in [1.54, 1.807) is 12.1 Å². The van der Waals surface area contributed by atoms with Crippen LogP contribution in [0.15, 0.2) is 41.8 Å². The highest BCUT2D eigenvalue weighted by molar-refractivity contribution is 7.89. The van der Waals surface area contributed by atoms with Crippen LogP contribution in [0.4, 0.5) is 0 Å². The molecule has 0 heterocycles. The van der Waals surface area contributed by atoms with E-state index in [9.17, 15) is 13.2 Å². The Kier molecular flexibility index (Phi) is 7.23. The third-order valence-electron chi connectivity index (χ3n) is 4.81. The van der Waals surface area contributed by atoms with Gasteiger partial charge >= 0.3 is 0 Å². The van der Waals surface area contributed by atoms with Crippen LogP contribution in [-0.2, 0) is 14.8 Å². The van der Waals surface area contributed by atoms with Crippen LogP contribution in [0.3, 0.4) is 0 Å². The molecule has 26 heavy (non-hydrogen) atoms. The van der Waals surface area contributed by atoms with Gasteiger partial charge in [-0.2, -0.15) is 4.31 Å². The predicted molar refractivity (Wildman–Crippen MR) is 102 cm³/mol. The molecule has 1 aliphatic carbocycles. The lowest BCUT2D eigenvalue weighted by molar-refractivity contribution is -0.122. The lowest BCUT2D eigenvalue weighted by Crippen LogP contribution is -2.47. The van der Waals surface area contributed by atoms with Crippen molar-refractivity contribution in [2.75, 3.05) is 20.2 Å². The Morgan fingerprint density at radius 2 is 1.96 bits per heavy atom. The van der Waals surface area contributed by atoms with Gasteiger partial charge in [0.1, 0.15) is 5.75 Å². The third kappa shape index (κ3) is 5.08. The topological polar surface area (TPSA) is 75.7 Å². The molecule has 0 radical (unpaired) electrons. The van der Waals surface area contributed by atoms with Crippen LogP contribution >= 0.6 is 0 Å². The van der Waals surface area contributed by atoms with Gasteiger partial charge in [-0.15, -0.1) is 6.58 Å². The predicted octanol–water partition coefficient (Wildman–Crippen LogP) is 2.57. The Balaban J connectivity index is 2.10. The molecule has 0 aromatic heterocycles. The SMILES string of the molecule is C=CCN(CC(=O)NC1CCCCC1C)S(=O)(=O)c1ccc(OC)cc1. The summed E-state index contributed by atoms with van der Waals surface area (Å²) in [6.07, 6.45) is 5.79. The second-order valence-electron chi connectivity index (χ2n) is 6.70. The van der Waals surface area contributed by atoms with E-state index in [-0.39, 0.29) is 29.9 Å². The number of hydrogen-bond acceptors (Lipinski definition) is 4. The Morgan fingerprint density at radius 3 is 2.54 bits per heavy atom. The van der Waals surface area contributed by atoms with Gasteiger partial charge < -0.3 is 10.1 Å². The average Bonchev–Trinajstić information content (AvgIpc) is 2.63. The highest BCUT2D eigenvalue weighted by Crippen LogP contribution is 2.24. The molecule has 1 saturated carbocycles. The van der Waals surface area contributed by atoms with Crippen molar-refractivity contribution >= 4 is 15.9 Å². The molecule has 2 atom stereocenters. The van der Waals surface area contributed by atoms with Crippen LogP contribution in [0.5, 0.6) is 5.75 Å². The Bertz CT molecular complexity index is 716. The maximum atomic E-state index is 12.9. The zero-order chi connectivity index (χ0) is 19.2. The van der Waals surface area contributed by atoms with E-state index in [4.69, 9.17) is 4.74 Å². The first kappa shape index (κ1) is 20.5. The number of ether oxygens (including phenoxy) is 1.